The second kappa shape index (κ2) is 4.10. The summed E-state index contributed by atoms with van der Waals surface area (Å²) < 4.78 is 18.4. The number of ether oxygens (including phenoxy) is 1. The van der Waals surface area contributed by atoms with Crippen LogP contribution in [-0.4, -0.2) is 6.61 Å². The van der Waals surface area contributed by atoms with Crippen molar-refractivity contribution in [1.29, 1.82) is 0 Å². The van der Waals surface area contributed by atoms with Gasteiger partial charge in [-0.1, -0.05) is 13.0 Å². The Balaban J connectivity index is 3.00. The summed E-state index contributed by atoms with van der Waals surface area (Å²) in [4.78, 5) is 0. The fraction of sp³-hybridized carbons (Fsp3) is 0.400. The topological polar surface area (TPSA) is 9.23 Å². The highest BCUT2D eigenvalue weighted by Gasteiger charge is 2.05. The van der Waals surface area contributed by atoms with Gasteiger partial charge in [-0.3, -0.25) is 0 Å². The molecule has 0 bridgehead atoms. The van der Waals surface area contributed by atoms with Crippen molar-refractivity contribution in [2.45, 2.75) is 20.3 Å². The van der Waals surface area contributed by atoms with E-state index in [1.165, 1.54) is 6.07 Å². The first-order valence-corrected chi connectivity index (χ1v) is 4.19. The van der Waals surface area contributed by atoms with E-state index in [4.69, 9.17) is 4.74 Å². The van der Waals surface area contributed by atoms with Gasteiger partial charge in [0.15, 0.2) is 0 Å². The summed E-state index contributed by atoms with van der Waals surface area (Å²) in [7, 11) is 0. The molecule has 0 radical (unpaired) electrons. The normalized spacial score (nSPS) is 9.92. The van der Waals surface area contributed by atoms with E-state index in [9.17, 15) is 4.39 Å². The number of hydrogen-bond donors (Lipinski definition) is 0. The molecule has 0 aromatic heterocycles. The van der Waals surface area contributed by atoms with Gasteiger partial charge in [-0.05, 0) is 25.5 Å². The minimum atomic E-state index is -0.177. The van der Waals surface area contributed by atoms with Crippen molar-refractivity contribution in [3.05, 3.63) is 29.6 Å². The number of benzene rings is 1. The van der Waals surface area contributed by atoms with Crippen LogP contribution in [0.2, 0.25) is 0 Å². The van der Waals surface area contributed by atoms with Crippen molar-refractivity contribution >= 4 is 0 Å². The lowest BCUT2D eigenvalue weighted by Gasteiger charge is -2.08. The first kappa shape index (κ1) is 9.04. The Morgan fingerprint density at radius 2 is 2.08 bits per heavy atom. The standard InChI is InChI=1S/C10H13FO/c1-3-8-9(11)6-5-7-10(8)12-4-2/h5-7H,3-4H2,1-2H3. The third-order valence-electron chi connectivity index (χ3n) is 1.73. The predicted octanol–water partition coefficient (Wildman–Crippen LogP) is 2.79. The van der Waals surface area contributed by atoms with Crippen LogP contribution in [0.25, 0.3) is 0 Å². The quantitative estimate of drug-likeness (QED) is 0.674. The second-order valence-corrected chi connectivity index (χ2v) is 2.50. The second-order valence-electron chi connectivity index (χ2n) is 2.50. The molecule has 0 unspecified atom stereocenters. The van der Waals surface area contributed by atoms with Crippen LogP contribution in [0.3, 0.4) is 0 Å². The van der Waals surface area contributed by atoms with E-state index in [0.717, 1.165) is 0 Å². The fourth-order valence-corrected chi connectivity index (χ4v) is 1.17. The number of rotatable bonds is 3. The molecule has 1 aromatic rings. The van der Waals surface area contributed by atoms with Crippen LogP contribution in [0, 0.1) is 5.82 Å². The lowest BCUT2D eigenvalue weighted by Crippen LogP contribution is -1.97. The highest BCUT2D eigenvalue weighted by molar-refractivity contribution is 5.34. The summed E-state index contributed by atoms with van der Waals surface area (Å²) >= 11 is 0. The van der Waals surface area contributed by atoms with E-state index >= 15 is 0 Å². The van der Waals surface area contributed by atoms with Crippen LogP contribution in [-0.2, 0) is 6.42 Å². The van der Waals surface area contributed by atoms with Crippen LogP contribution in [0.4, 0.5) is 4.39 Å². The van der Waals surface area contributed by atoms with Gasteiger partial charge in [0.2, 0.25) is 0 Å². The number of hydrogen-bond acceptors (Lipinski definition) is 1. The molecule has 1 aromatic carbocycles. The van der Waals surface area contributed by atoms with Gasteiger partial charge in [-0.25, -0.2) is 4.39 Å². The zero-order valence-corrected chi connectivity index (χ0v) is 7.43. The molecule has 0 saturated carbocycles. The van der Waals surface area contributed by atoms with Gasteiger partial charge in [0.1, 0.15) is 11.6 Å². The molecule has 0 aliphatic rings. The highest BCUT2D eigenvalue weighted by Crippen LogP contribution is 2.21. The molecule has 1 nitrogen and oxygen atoms in total. The molecule has 12 heavy (non-hydrogen) atoms. The first-order valence-electron chi connectivity index (χ1n) is 4.19. The summed E-state index contributed by atoms with van der Waals surface area (Å²) in [6.45, 7) is 4.39. The van der Waals surface area contributed by atoms with Crippen molar-refractivity contribution in [3.63, 3.8) is 0 Å². The molecule has 0 aliphatic carbocycles. The van der Waals surface area contributed by atoms with Crippen LogP contribution >= 0.6 is 0 Å². The molecule has 0 N–H and O–H groups in total. The third-order valence-corrected chi connectivity index (χ3v) is 1.73. The molecule has 66 valence electrons. The molecule has 0 spiro atoms. The first-order chi connectivity index (χ1) is 5.79. The minimum Gasteiger partial charge on any atom is -0.493 e. The molecule has 0 heterocycles. The largest absolute Gasteiger partial charge is 0.493 e. The minimum absolute atomic E-state index is 0.177. The average molecular weight is 168 g/mol. The lowest BCUT2D eigenvalue weighted by molar-refractivity contribution is 0.334. The smallest absolute Gasteiger partial charge is 0.130 e. The molecular weight excluding hydrogens is 155 g/mol. The van der Waals surface area contributed by atoms with Gasteiger partial charge < -0.3 is 4.74 Å². The molecule has 1 rings (SSSR count). The van der Waals surface area contributed by atoms with Crippen molar-refractivity contribution in [2.24, 2.45) is 0 Å². The Morgan fingerprint density at radius 1 is 1.33 bits per heavy atom. The van der Waals surface area contributed by atoms with E-state index in [1.54, 1.807) is 12.1 Å². The average Bonchev–Trinajstić information content (AvgIpc) is 2.05. The van der Waals surface area contributed by atoms with Gasteiger partial charge >= 0.3 is 0 Å². The van der Waals surface area contributed by atoms with Crippen molar-refractivity contribution < 1.29 is 9.13 Å². The number of halogens is 1. The Bertz CT molecular complexity index is 258. The van der Waals surface area contributed by atoms with Crippen molar-refractivity contribution in [2.75, 3.05) is 6.61 Å². The molecular formula is C10H13FO. The van der Waals surface area contributed by atoms with Crippen LogP contribution in [0.1, 0.15) is 19.4 Å². The van der Waals surface area contributed by atoms with E-state index in [1.807, 2.05) is 13.8 Å². The summed E-state index contributed by atoms with van der Waals surface area (Å²) in [6.07, 6.45) is 0.669. The Hall–Kier alpha value is -1.05. The van der Waals surface area contributed by atoms with Crippen LogP contribution in [0.5, 0.6) is 5.75 Å². The SMILES string of the molecule is CCOc1cccc(F)c1CC. The molecule has 0 amide bonds. The Labute approximate surface area is 72.2 Å². The highest BCUT2D eigenvalue weighted by atomic mass is 19.1. The van der Waals surface area contributed by atoms with Crippen LogP contribution in [0.15, 0.2) is 18.2 Å². The summed E-state index contributed by atoms with van der Waals surface area (Å²) in [5.41, 5.74) is 0.666. The molecule has 0 atom stereocenters. The predicted molar refractivity (Wildman–Crippen MR) is 46.9 cm³/mol. The monoisotopic (exact) mass is 168 g/mol. The molecule has 0 saturated heterocycles. The van der Waals surface area contributed by atoms with Gasteiger partial charge in [-0.15, -0.1) is 0 Å². The zero-order valence-electron chi connectivity index (χ0n) is 7.43. The molecule has 0 fully saturated rings. The van der Waals surface area contributed by atoms with Crippen molar-refractivity contribution in [1.82, 2.24) is 0 Å². The maximum absolute atomic E-state index is 13.1. The van der Waals surface area contributed by atoms with E-state index < -0.39 is 0 Å². The van der Waals surface area contributed by atoms with Crippen LogP contribution < -0.4 is 4.74 Å². The maximum atomic E-state index is 13.1. The van der Waals surface area contributed by atoms with Gasteiger partial charge in [0.05, 0.1) is 6.61 Å². The lowest BCUT2D eigenvalue weighted by atomic mass is 10.1. The van der Waals surface area contributed by atoms with Gasteiger partial charge in [0.25, 0.3) is 0 Å². The van der Waals surface area contributed by atoms with E-state index in [2.05, 4.69) is 0 Å². The zero-order chi connectivity index (χ0) is 8.97. The van der Waals surface area contributed by atoms with E-state index in [-0.39, 0.29) is 5.82 Å². The Kier molecular flexibility index (Phi) is 3.09. The Morgan fingerprint density at radius 3 is 2.67 bits per heavy atom. The summed E-state index contributed by atoms with van der Waals surface area (Å²) in [5.74, 6) is 0.489. The van der Waals surface area contributed by atoms with E-state index in [0.29, 0.717) is 24.3 Å². The van der Waals surface area contributed by atoms with Gasteiger partial charge in [-0.2, -0.15) is 0 Å². The molecule has 0 aliphatic heterocycles. The summed E-state index contributed by atoms with van der Waals surface area (Å²) in [6, 6.07) is 4.92. The van der Waals surface area contributed by atoms with Crippen molar-refractivity contribution in [3.8, 4) is 5.75 Å². The van der Waals surface area contributed by atoms with Gasteiger partial charge in [0, 0.05) is 5.56 Å². The fourth-order valence-electron chi connectivity index (χ4n) is 1.17. The summed E-state index contributed by atoms with van der Waals surface area (Å²) in [5, 5.41) is 0. The third kappa shape index (κ3) is 1.76. The molecule has 2 heteroatoms. The maximum Gasteiger partial charge on any atom is 0.130 e.